The largest absolute Gasteiger partial charge is 0.497 e. The summed E-state index contributed by atoms with van der Waals surface area (Å²) in [5.41, 5.74) is 0.909. The zero-order valence-electron chi connectivity index (χ0n) is 17.2. The number of carbonyl (C=O) groups excluding carboxylic acids is 2. The zero-order valence-corrected chi connectivity index (χ0v) is 18.8. The Morgan fingerprint density at radius 3 is 2.80 bits per heavy atom. The summed E-state index contributed by atoms with van der Waals surface area (Å²) in [6, 6.07) is 7.63. The highest BCUT2D eigenvalue weighted by molar-refractivity contribution is 8.26. The van der Waals surface area contributed by atoms with Crippen molar-refractivity contribution in [3.63, 3.8) is 0 Å². The first-order chi connectivity index (χ1) is 14.5. The van der Waals surface area contributed by atoms with Crippen LogP contribution in [0.3, 0.4) is 0 Å². The maximum absolute atomic E-state index is 12.8. The molecule has 2 fully saturated rings. The normalized spacial score (nSPS) is 20.9. The van der Waals surface area contributed by atoms with Gasteiger partial charge in [-0.3, -0.25) is 14.5 Å². The summed E-state index contributed by atoms with van der Waals surface area (Å²) in [6.07, 6.45) is 6.49. The van der Waals surface area contributed by atoms with Gasteiger partial charge in [-0.15, -0.1) is 0 Å². The number of aliphatic hydroxyl groups excluding tert-OH is 1. The Bertz CT molecular complexity index is 808. The van der Waals surface area contributed by atoms with Crippen molar-refractivity contribution >= 4 is 46.2 Å². The van der Waals surface area contributed by atoms with Crippen LogP contribution in [0.4, 0.5) is 0 Å². The standard InChI is InChI=1S/C22H28N2O4S2/c1-28-18-9-7-16(8-10-18)15-19-21(27)24(22(29)30-19)13-4-6-20(26)23-12-3-2-5-17(23)11-14-25/h7-10,15,17,25H,2-6,11-14H2,1H3. The molecule has 1 atom stereocenters. The van der Waals surface area contributed by atoms with Gasteiger partial charge < -0.3 is 14.7 Å². The van der Waals surface area contributed by atoms with Gasteiger partial charge in [-0.2, -0.15) is 0 Å². The van der Waals surface area contributed by atoms with Crippen molar-refractivity contribution in [1.82, 2.24) is 9.80 Å². The summed E-state index contributed by atoms with van der Waals surface area (Å²) < 4.78 is 5.69. The number of benzene rings is 1. The van der Waals surface area contributed by atoms with Crippen molar-refractivity contribution in [3.8, 4) is 5.75 Å². The molecule has 2 aliphatic rings. The van der Waals surface area contributed by atoms with Crippen molar-refractivity contribution in [2.75, 3.05) is 26.8 Å². The number of aliphatic hydroxyl groups is 1. The molecule has 0 aliphatic carbocycles. The SMILES string of the molecule is COc1ccc(C=C2SC(=S)N(CCCC(=O)N3CCCCC3CCO)C2=O)cc1. The van der Waals surface area contributed by atoms with E-state index >= 15 is 0 Å². The lowest BCUT2D eigenvalue weighted by Crippen LogP contribution is -2.44. The van der Waals surface area contributed by atoms with Crippen LogP contribution in [-0.2, 0) is 9.59 Å². The molecule has 2 amide bonds. The van der Waals surface area contributed by atoms with Gasteiger partial charge >= 0.3 is 0 Å². The second-order valence-corrected chi connectivity index (χ2v) is 9.13. The third-order valence-electron chi connectivity index (χ3n) is 5.47. The summed E-state index contributed by atoms with van der Waals surface area (Å²) in [4.78, 5) is 29.5. The van der Waals surface area contributed by atoms with E-state index in [4.69, 9.17) is 17.0 Å². The number of rotatable bonds is 8. The monoisotopic (exact) mass is 448 g/mol. The summed E-state index contributed by atoms with van der Waals surface area (Å²) >= 11 is 6.69. The van der Waals surface area contributed by atoms with Crippen molar-refractivity contribution < 1.29 is 19.4 Å². The van der Waals surface area contributed by atoms with Crippen LogP contribution in [0.2, 0.25) is 0 Å². The number of ether oxygens (including phenoxy) is 1. The minimum absolute atomic E-state index is 0.103. The van der Waals surface area contributed by atoms with Crippen LogP contribution in [0.25, 0.3) is 6.08 Å². The van der Waals surface area contributed by atoms with Crippen molar-refractivity contribution in [3.05, 3.63) is 34.7 Å². The molecule has 1 N–H and O–H groups in total. The summed E-state index contributed by atoms with van der Waals surface area (Å²) in [6.45, 7) is 1.30. The van der Waals surface area contributed by atoms with E-state index in [1.807, 2.05) is 35.2 Å². The zero-order chi connectivity index (χ0) is 21.5. The van der Waals surface area contributed by atoms with Gasteiger partial charge in [-0.05, 0) is 55.9 Å². The highest BCUT2D eigenvalue weighted by Gasteiger charge is 2.32. The summed E-state index contributed by atoms with van der Waals surface area (Å²) in [5, 5.41) is 9.24. The Hall–Kier alpha value is -1.90. The van der Waals surface area contributed by atoms with Crippen molar-refractivity contribution in [2.24, 2.45) is 0 Å². The minimum atomic E-state index is -0.107. The van der Waals surface area contributed by atoms with E-state index < -0.39 is 0 Å². The fourth-order valence-corrected chi connectivity index (χ4v) is 5.16. The second-order valence-electron chi connectivity index (χ2n) is 7.46. The number of methoxy groups -OCH3 is 1. The molecule has 2 saturated heterocycles. The molecule has 30 heavy (non-hydrogen) atoms. The molecule has 0 aromatic heterocycles. The molecule has 6 nitrogen and oxygen atoms in total. The summed E-state index contributed by atoms with van der Waals surface area (Å²) in [7, 11) is 1.61. The van der Waals surface area contributed by atoms with Gasteiger partial charge in [0.1, 0.15) is 10.1 Å². The Balaban J connectivity index is 1.54. The topological polar surface area (TPSA) is 70.1 Å². The molecule has 1 aromatic carbocycles. The van der Waals surface area contributed by atoms with E-state index in [0.29, 0.717) is 35.0 Å². The molecule has 8 heteroatoms. The maximum Gasteiger partial charge on any atom is 0.266 e. The van der Waals surface area contributed by atoms with Crippen LogP contribution in [0, 0.1) is 0 Å². The molecule has 0 saturated carbocycles. The molecule has 2 aliphatic heterocycles. The van der Waals surface area contributed by atoms with Crippen LogP contribution in [0.15, 0.2) is 29.2 Å². The van der Waals surface area contributed by atoms with E-state index in [-0.39, 0.29) is 24.5 Å². The van der Waals surface area contributed by atoms with Gasteiger partial charge in [0.15, 0.2) is 0 Å². The van der Waals surface area contributed by atoms with Crippen LogP contribution in [0.1, 0.15) is 44.1 Å². The molecular weight excluding hydrogens is 420 g/mol. The smallest absolute Gasteiger partial charge is 0.266 e. The number of piperidine rings is 1. The molecule has 0 radical (unpaired) electrons. The maximum atomic E-state index is 12.8. The predicted octanol–water partition coefficient (Wildman–Crippen LogP) is 3.44. The highest BCUT2D eigenvalue weighted by Crippen LogP contribution is 2.33. The first-order valence-electron chi connectivity index (χ1n) is 10.3. The predicted molar refractivity (Wildman–Crippen MR) is 123 cm³/mol. The van der Waals surface area contributed by atoms with Gasteiger partial charge in [-0.1, -0.05) is 36.1 Å². The van der Waals surface area contributed by atoms with Crippen LogP contribution in [0.5, 0.6) is 5.75 Å². The number of hydrogen-bond donors (Lipinski definition) is 1. The molecule has 162 valence electrons. The van der Waals surface area contributed by atoms with Gasteiger partial charge in [0.2, 0.25) is 5.91 Å². The first-order valence-corrected chi connectivity index (χ1v) is 11.6. The van der Waals surface area contributed by atoms with Gasteiger partial charge in [0, 0.05) is 32.2 Å². The molecule has 1 unspecified atom stereocenters. The number of amides is 2. The number of likely N-dealkylation sites (tertiary alicyclic amines) is 1. The fraction of sp³-hybridized carbons (Fsp3) is 0.500. The Kier molecular flexibility index (Phi) is 8.30. The lowest BCUT2D eigenvalue weighted by Gasteiger charge is -2.35. The second kappa shape index (κ2) is 10.9. The molecular formula is C22H28N2O4S2. The third-order valence-corrected chi connectivity index (χ3v) is 6.85. The number of hydrogen-bond acceptors (Lipinski definition) is 6. The van der Waals surface area contributed by atoms with E-state index in [1.54, 1.807) is 12.0 Å². The fourth-order valence-electron chi connectivity index (χ4n) is 3.85. The van der Waals surface area contributed by atoms with Gasteiger partial charge in [-0.25, -0.2) is 0 Å². The van der Waals surface area contributed by atoms with Crippen LogP contribution >= 0.6 is 24.0 Å². The highest BCUT2D eigenvalue weighted by atomic mass is 32.2. The Morgan fingerprint density at radius 2 is 2.10 bits per heavy atom. The lowest BCUT2D eigenvalue weighted by molar-refractivity contribution is -0.135. The lowest BCUT2D eigenvalue weighted by atomic mass is 9.99. The van der Waals surface area contributed by atoms with Crippen molar-refractivity contribution in [1.29, 1.82) is 0 Å². The first kappa shape index (κ1) is 22.8. The van der Waals surface area contributed by atoms with E-state index in [2.05, 4.69) is 0 Å². The van der Waals surface area contributed by atoms with E-state index in [0.717, 1.165) is 37.1 Å². The molecule has 2 heterocycles. The van der Waals surface area contributed by atoms with Crippen LogP contribution < -0.4 is 4.74 Å². The molecule has 0 bridgehead atoms. The average Bonchev–Trinajstić information content (AvgIpc) is 3.02. The van der Waals surface area contributed by atoms with E-state index in [9.17, 15) is 14.7 Å². The number of thioether (sulfide) groups is 1. The Labute approximate surface area is 187 Å². The van der Waals surface area contributed by atoms with Crippen molar-refractivity contribution in [2.45, 2.75) is 44.6 Å². The Morgan fingerprint density at radius 1 is 1.33 bits per heavy atom. The van der Waals surface area contributed by atoms with Gasteiger partial charge in [0.25, 0.3) is 5.91 Å². The molecule has 0 spiro atoms. The number of thiocarbonyl (C=S) groups is 1. The van der Waals surface area contributed by atoms with Crippen LogP contribution in [-0.4, -0.2) is 63.9 Å². The van der Waals surface area contributed by atoms with Gasteiger partial charge in [0.05, 0.1) is 12.0 Å². The average molecular weight is 449 g/mol. The molecule has 3 rings (SSSR count). The number of carbonyl (C=O) groups is 2. The molecule has 1 aromatic rings. The third kappa shape index (κ3) is 5.62. The quantitative estimate of drug-likeness (QED) is 0.485. The summed E-state index contributed by atoms with van der Waals surface area (Å²) in [5.74, 6) is 0.760. The number of nitrogens with zero attached hydrogens (tertiary/aromatic N) is 2. The minimum Gasteiger partial charge on any atom is -0.497 e. The van der Waals surface area contributed by atoms with E-state index in [1.165, 1.54) is 11.8 Å².